The molecule has 0 unspecified atom stereocenters. The predicted octanol–water partition coefficient (Wildman–Crippen LogP) is 1.84. The first-order chi connectivity index (χ1) is 13.2. The quantitative estimate of drug-likeness (QED) is 0.537. The van der Waals surface area contributed by atoms with Gasteiger partial charge in [-0.25, -0.2) is 14.4 Å². The molecule has 8 nitrogen and oxygen atoms in total. The lowest BCUT2D eigenvalue weighted by molar-refractivity contribution is 0.628. The van der Waals surface area contributed by atoms with Crippen molar-refractivity contribution in [3.63, 3.8) is 0 Å². The Kier molecular flexibility index (Phi) is 3.59. The number of rotatable bonds is 2. The number of hydrogen-bond donors (Lipinski definition) is 0. The first-order valence-corrected chi connectivity index (χ1v) is 8.78. The van der Waals surface area contributed by atoms with Crippen LogP contribution in [0.15, 0.2) is 36.7 Å². The maximum absolute atomic E-state index is 13.5. The van der Waals surface area contributed by atoms with E-state index in [1.165, 1.54) is 18.5 Å². The molecule has 4 aromatic rings. The van der Waals surface area contributed by atoms with Crippen molar-refractivity contribution >= 4 is 28.2 Å². The highest BCUT2D eigenvalue weighted by molar-refractivity contribution is 5.89. The van der Waals surface area contributed by atoms with E-state index >= 15 is 0 Å². The van der Waals surface area contributed by atoms with Gasteiger partial charge in [0.1, 0.15) is 23.8 Å². The minimum atomic E-state index is -0.289. The Bertz CT molecular complexity index is 1130. The van der Waals surface area contributed by atoms with Crippen LogP contribution in [0.2, 0.25) is 0 Å². The number of nitrogens with zero attached hydrogens (tertiary/aromatic N) is 8. The average molecular weight is 364 g/mol. The van der Waals surface area contributed by atoms with Gasteiger partial charge in [0, 0.05) is 37.6 Å². The van der Waals surface area contributed by atoms with Gasteiger partial charge in [-0.3, -0.25) is 0 Å². The van der Waals surface area contributed by atoms with Gasteiger partial charge in [0.05, 0.1) is 5.52 Å². The first kappa shape index (κ1) is 15.9. The highest BCUT2D eigenvalue weighted by atomic mass is 19.1. The topological polar surface area (TPSA) is 75.3 Å². The van der Waals surface area contributed by atoms with Crippen molar-refractivity contribution in [2.24, 2.45) is 0 Å². The fraction of sp³-hybridized carbons (Fsp3) is 0.278. The Morgan fingerprint density at radius 3 is 2.59 bits per heavy atom. The molecular formula is C18H17FN8. The van der Waals surface area contributed by atoms with E-state index < -0.39 is 0 Å². The standard InChI is InChI=1S/C18H17FN8/c1-12-22-23-16-4-5-17(24-27(12)16)25-6-8-26(9-7-25)18-14-3-2-13(19)10-15(14)20-11-21-18/h2-5,10-11H,6-9H2,1H3. The number of aryl methyl sites for hydroxylation is 1. The van der Waals surface area contributed by atoms with Gasteiger partial charge in [-0.05, 0) is 31.2 Å². The molecule has 5 rings (SSSR count). The summed E-state index contributed by atoms with van der Waals surface area (Å²) in [4.78, 5) is 13.1. The SMILES string of the molecule is Cc1nnc2ccc(N3CCN(c4ncnc5cc(F)ccc45)CC3)nn12. The van der Waals surface area contributed by atoms with Crippen LogP contribution in [0.3, 0.4) is 0 Å². The lowest BCUT2D eigenvalue weighted by Gasteiger charge is -2.36. The molecule has 0 radical (unpaired) electrons. The largest absolute Gasteiger partial charge is 0.352 e. The summed E-state index contributed by atoms with van der Waals surface area (Å²) in [5.74, 6) is 2.23. The van der Waals surface area contributed by atoms with Crippen molar-refractivity contribution < 1.29 is 4.39 Å². The lowest BCUT2D eigenvalue weighted by Crippen LogP contribution is -2.47. The summed E-state index contributed by atoms with van der Waals surface area (Å²) in [7, 11) is 0. The first-order valence-electron chi connectivity index (χ1n) is 8.78. The molecule has 0 amide bonds. The molecule has 0 N–H and O–H groups in total. The van der Waals surface area contributed by atoms with Gasteiger partial charge in [-0.15, -0.1) is 15.3 Å². The Balaban J connectivity index is 1.39. The highest BCUT2D eigenvalue weighted by Gasteiger charge is 2.21. The third kappa shape index (κ3) is 2.71. The van der Waals surface area contributed by atoms with Crippen molar-refractivity contribution in [1.29, 1.82) is 0 Å². The molecule has 3 aromatic heterocycles. The van der Waals surface area contributed by atoms with Gasteiger partial charge >= 0.3 is 0 Å². The molecule has 1 fully saturated rings. The van der Waals surface area contributed by atoms with Crippen LogP contribution in [0.25, 0.3) is 16.6 Å². The zero-order valence-electron chi connectivity index (χ0n) is 14.7. The van der Waals surface area contributed by atoms with Gasteiger partial charge < -0.3 is 9.80 Å². The number of halogens is 1. The van der Waals surface area contributed by atoms with Crippen LogP contribution < -0.4 is 9.80 Å². The summed E-state index contributed by atoms with van der Waals surface area (Å²) in [6.45, 7) is 5.10. The fourth-order valence-electron chi connectivity index (χ4n) is 3.47. The minimum absolute atomic E-state index is 0.289. The summed E-state index contributed by atoms with van der Waals surface area (Å²) in [6.07, 6.45) is 1.49. The normalized spacial score (nSPS) is 15.0. The van der Waals surface area contributed by atoms with E-state index in [1.807, 2.05) is 19.1 Å². The molecule has 1 saturated heterocycles. The van der Waals surface area contributed by atoms with Crippen molar-refractivity contribution in [1.82, 2.24) is 29.8 Å². The van der Waals surface area contributed by atoms with Crippen LogP contribution in [0, 0.1) is 12.7 Å². The van der Waals surface area contributed by atoms with E-state index in [1.54, 1.807) is 10.6 Å². The molecule has 0 bridgehead atoms. The van der Waals surface area contributed by atoms with Crippen molar-refractivity contribution in [2.45, 2.75) is 6.92 Å². The number of hydrogen-bond acceptors (Lipinski definition) is 7. The van der Waals surface area contributed by atoms with E-state index in [-0.39, 0.29) is 5.82 Å². The van der Waals surface area contributed by atoms with Gasteiger partial charge in [-0.2, -0.15) is 4.52 Å². The molecule has 27 heavy (non-hydrogen) atoms. The summed E-state index contributed by atoms with van der Waals surface area (Å²) in [5, 5.41) is 13.6. The monoisotopic (exact) mass is 364 g/mol. The zero-order valence-corrected chi connectivity index (χ0v) is 14.7. The molecule has 0 atom stereocenters. The van der Waals surface area contributed by atoms with Crippen LogP contribution in [0.5, 0.6) is 0 Å². The Morgan fingerprint density at radius 2 is 1.74 bits per heavy atom. The zero-order chi connectivity index (χ0) is 18.4. The maximum atomic E-state index is 13.5. The molecule has 136 valence electrons. The van der Waals surface area contributed by atoms with Gasteiger partial charge in [0.25, 0.3) is 0 Å². The number of fused-ring (bicyclic) bond motifs is 2. The molecular weight excluding hydrogens is 347 g/mol. The van der Waals surface area contributed by atoms with Crippen LogP contribution in [0.1, 0.15) is 5.82 Å². The second kappa shape index (κ2) is 6.11. The fourth-order valence-corrected chi connectivity index (χ4v) is 3.47. The lowest BCUT2D eigenvalue weighted by atomic mass is 10.2. The van der Waals surface area contributed by atoms with Crippen LogP contribution in [-0.4, -0.2) is 56.0 Å². The number of piperazine rings is 1. The van der Waals surface area contributed by atoms with Crippen molar-refractivity contribution in [3.05, 3.63) is 48.3 Å². The van der Waals surface area contributed by atoms with Crippen molar-refractivity contribution in [2.75, 3.05) is 36.0 Å². The molecule has 9 heteroatoms. The van der Waals surface area contributed by atoms with Crippen molar-refractivity contribution in [3.8, 4) is 0 Å². The van der Waals surface area contributed by atoms with Crippen LogP contribution in [-0.2, 0) is 0 Å². The molecule has 0 aliphatic carbocycles. The minimum Gasteiger partial charge on any atom is -0.352 e. The van der Waals surface area contributed by atoms with E-state index in [9.17, 15) is 4.39 Å². The van der Waals surface area contributed by atoms with Gasteiger partial charge in [0.2, 0.25) is 0 Å². The summed E-state index contributed by atoms with van der Waals surface area (Å²) in [5.41, 5.74) is 1.37. The molecule has 4 heterocycles. The predicted molar refractivity (Wildman–Crippen MR) is 99.4 cm³/mol. The summed E-state index contributed by atoms with van der Waals surface area (Å²) in [6, 6.07) is 8.54. The van der Waals surface area contributed by atoms with E-state index in [2.05, 4.69) is 35.1 Å². The summed E-state index contributed by atoms with van der Waals surface area (Å²) < 4.78 is 15.2. The van der Waals surface area contributed by atoms with E-state index in [4.69, 9.17) is 0 Å². The maximum Gasteiger partial charge on any atom is 0.178 e. The number of benzene rings is 1. The number of aromatic nitrogens is 6. The second-order valence-electron chi connectivity index (χ2n) is 6.54. The molecule has 1 aliphatic rings. The molecule has 0 saturated carbocycles. The Morgan fingerprint density at radius 1 is 0.926 bits per heavy atom. The van der Waals surface area contributed by atoms with E-state index in [0.29, 0.717) is 5.52 Å². The van der Waals surface area contributed by atoms with Crippen LogP contribution in [0.4, 0.5) is 16.0 Å². The molecule has 1 aliphatic heterocycles. The average Bonchev–Trinajstić information content (AvgIpc) is 3.08. The Labute approximate surface area is 154 Å². The van der Waals surface area contributed by atoms with Gasteiger partial charge in [0.15, 0.2) is 11.5 Å². The second-order valence-corrected chi connectivity index (χ2v) is 6.54. The molecule has 1 aromatic carbocycles. The number of anilines is 2. The third-order valence-corrected chi connectivity index (χ3v) is 4.89. The van der Waals surface area contributed by atoms with Gasteiger partial charge in [-0.1, -0.05) is 0 Å². The third-order valence-electron chi connectivity index (χ3n) is 4.89. The van der Waals surface area contributed by atoms with Crippen LogP contribution >= 0.6 is 0 Å². The highest BCUT2D eigenvalue weighted by Crippen LogP contribution is 2.25. The smallest absolute Gasteiger partial charge is 0.178 e. The summed E-state index contributed by atoms with van der Waals surface area (Å²) >= 11 is 0. The van der Waals surface area contributed by atoms with E-state index in [0.717, 1.165) is 54.7 Å². The Hall–Kier alpha value is -3.36. The molecule has 0 spiro atoms.